The van der Waals surface area contributed by atoms with Crippen LogP contribution in [0.5, 0.6) is 0 Å². The Hall–Kier alpha value is -2.02. The van der Waals surface area contributed by atoms with E-state index >= 15 is 0 Å². The Morgan fingerprint density at radius 3 is 2.60 bits per heavy atom. The van der Waals surface area contributed by atoms with Crippen LogP contribution in [-0.4, -0.2) is 70.6 Å². The summed E-state index contributed by atoms with van der Waals surface area (Å²) in [7, 11) is 0. The van der Waals surface area contributed by atoms with Crippen molar-refractivity contribution in [2.75, 3.05) is 26.3 Å². The molecule has 0 aromatic carbocycles. The summed E-state index contributed by atoms with van der Waals surface area (Å²) in [4.78, 5) is 25.6. The van der Waals surface area contributed by atoms with E-state index in [2.05, 4.69) is 13.2 Å². The minimum atomic E-state index is -1.08. The van der Waals surface area contributed by atoms with E-state index < -0.39 is 18.2 Å². The van der Waals surface area contributed by atoms with Gasteiger partial charge in [0.15, 0.2) is 0 Å². The Morgan fingerprint density at radius 2 is 2.10 bits per heavy atom. The molecule has 2 atom stereocenters. The highest BCUT2D eigenvalue weighted by molar-refractivity contribution is 5.70. The molecule has 112 valence electrons. The van der Waals surface area contributed by atoms with Crippen molar-refractivity contribution in [1.82, 2.24) is 9.80 Å². The van der Waals surface area contributed by atoms with Crippen LogP contribution in [0.15, 0.2) is 25.3 Å². The number of rotatable bonds is 6. The second-order valence-electron chi connectivity index (χ2n) is 4.47. The van der Waals surface area contributed by atoms with Gasteiger partial charge in [-0.25, -0.2) is 9.59 Å². The van der Waals surface area contributed by atoms with Crippen LogP contribution in [-0.2, 0) is 4.74 Å². The monoisotopic (exact) mass is 284 g/mol. The van der Waals surface area contributed by atoms with Crippen molar-refractivity contribution in [1.29, 1.82) is 0 Å². The molecule has 7 nitrogen and oxygen atoms in total. The molecule has 0 unspecified atom stereocenters. The number of carbonyl (C=O) groups is 2. The minimum Gasteiger partial charge on any atom is -0.465 e. The molecule has 0 bridgehead atoms. The van der Waals surface area contributed by atoms with Crippen LogP contribution >= 0.6 is 0 Å². The first-order chi connectivity index (χ1) is 9.54. The SMILES string of the molecule is C=CCOC(=O)N1C[C@@H](N(CC=C)C(=O)O)C[C@H]1CO. The van der Waals surface area contributed by atoms with Crippen LogP contribution < -0.4 is 0 Å². The number of nitrogens with zero attached hydrogens (tertiary/aromatic N) is 2. The first-order valence-electron chi connectivity index (χ1n) is 6.30. The quantitative estimate of drug-likeness (QED) is 0.708. The van der Waals surface area contributed by atoms with Crippen LogP contribution in [0.25, 0.3) is 0 Å². The fourth-order valence-corrected chi connectivity index (χ4v) is 2.25. The second-order valence-corrected chi connectivity index (χ2v) is 4.47. The molecular formula is C13H20N2O5. The lowest BCUT2D eigenvalue weighted by molar-refractivity contribution is 0.0907. The third-order valence-electron chi connectivity index (χ3n) is 3.17. The van der Waals surface area contributed by atoms with Crippen LogP contribution in [0.4, 0.5) is 9.59 Å². The summed E-state index contributed by atoms with van der Waals surface area (Å²) >= 11 is 0. The van der Waals surface area contributed by atoms with E-state index in [9.17, 15) is 14.7 Å². The molecule has 0 spiro atoms. The highest BCUT2D eigenvalue weighted by Gasteiger charge is 2.39. The standard InChI is InChI=1S/C13H20N2O5/c1-3-5-14(12(17)18)10-7-11(9-16)15(8-10)13(19)20-6-4-2/h3-4,10-11,16H,1-2,5-9H2,(H,17,18)/t10-,11-/m0/s1. The fraction of sp³-hybridized carbons (Fsp3) is 0.538. The van der Waals surface area contributed by atoms with Crippen molar-refractivity contribution < 1.29 is 24.5 Å². The van der Waals surface area contributed by atoms with E-state index in [1.165, 1.54) is 22.0 Å². The van der Waals surface area contributed by atoms with Crippen molar-refractivity contribution in [2.45, 2.75) is 18.5 Å². The zero-order chi connectivity index (χ0) is 15.1. The molecule has 0 aliphatic carbocycles. The molecular weight excluding hydrogens is 264 g/mol. The van der Waals surface area contributed by atoms with E-state index in [1.807, 2.05) is 0 Å². The molecule has 1 fully saturated rings. The fourth-order valence-electron chi connectivity index (χ4n) is 2.25. The topological polar surface area (TPSA) is 90.3 Å². The average Bonchev–Trinajstić information content (AvgIpc) is 2.85. The number of hydrogen-bond donors (Lipinski definition) is 2. The molecule has 1 aliphatic rings. The first kappa shape index (κ1) is 16.0. The van der Waals surface area contributed by atoms with Crippen LogP contribution in [0, 0.1) is 0 Å². The summed E-state index contributed by atoms with van der Waals surface area (Å²) in [6, 6.07) is -0.817. The maximum Gasteiger partial charge on any atom is 0.410 e. The number of likely N-dealkylation sites (tertiary alicyclic amines) is 1. The van der Waals surface area contributed by atoms with Gasteiger partial charge in [-0.2, -0.15) is 0 Å². The molecule has 1 saturated heterocycles. The molecule has 1 heterocycles. The van der Waals surface area contributed by atoms with Crippen LogP contribution in [0.2, 0.25) is 0 Å². The van der Waals surface area contributed by atoms with Crippen LogP contribution in [0.3, 0.4) is 0 Å². The highest BCUT2D eigenvalue weighted by Crippen LogP contribution is 2.23. The van der Waals surface area contributed by atoms with Gasteiger partial charge in [0.25, 0.3) is 0 Å². The first-order valence-corrected chi connectivity index (χ1v) is 6.30. The van der Waals surface area contributed by atoms with Gasteiger partial charge in [0.05, 0.1) is 18.7 Å². The highest BCUT2D eigenvalue weighted by atomic mass is 16.6. The molecule has 1 aliphatic heterocycles. The van der Waals surface area contributed by atoms with E-state index in [0.29, 0.717) is 6.42 Å². The van der Waals surface area contributed by atoms with E-state index in [0.717, 1.165) is 0 Å². The normalized spacial score (nSPS) is 21.4. The third kappa shape index (κ3) is 3.74. The predicted molar refractivity (Wildman–Crippen MR) is 72.5 cm³/mol. The summed E-state index contributed by atoms with van der Waals surface area (Å²) in [5, 5.41) is 18.5. The van der Waals surface area contributed by atoms with Gasteiger partial charge < -0.3 is 19.8 Å². The number of aliphatic hydroxyl groups excluding tert-OH is 1. The van der Waals surface area contributed by atoms with Gasteiger partial charge in [0, 0.05) is 13.1 Å². The Kier molecular flexibility index (Phi) is 6.05. The van der Waals surface area contributed by atoms with Crippen molar-refractivity contribution in [3.8, 4) is 0 Å². The van der Waals surface area contributed by atoms with Crippen LogP contribution in [0.1, 0.15) is 6.42 Å². The smallest absolute Gasteiger partial charge is 0.410 e. The Morgan fingerprint density at radius 1 is 1.40 bits per heavy atom. The summed E-state index contributed by atoms with van der Waals surface area (Å²) < 4.78 is 4.93. The van der Waals surface area contributed by atoms with Gasteiger partial charge in [-0.05, 0) is 6.42 Å². The molecule has 2 N–H and O–H groups in total. The third-order valence-corrected chi connectivity index (χ3v) is 3.17. The summed E-state index contributed by atoms with van der Waals surface area (Å²) in [5.41, 5.74) is 0. The van der Waals surface area contributed by atoms with Crippen molar-refractivity contribution in [3.63, 3.8) is 0 Å². The molecule has 0 radical (unpaired) electrons. The lowest BCUT2D eigenvalue weighted by Gasteiger charge is -2.24. The van der Waals surface area contributed by atoms with Gasteiger partial charge in [0.1, 0.15) is 6.61 Å². The molecule has 1 rings (SSSR count). The zero-order valence-electron chi connectivity index (χ0n) is 11.3. The maximum atomic E-state index is 11.8. The van der Waals surface area contributed by atoms with Crippen molar-refractivity contribution >= 4 is 12.2 Å². The average molecular weight is 284 g/mol. The van der Waals surface area contributed by atoms with Crippen molar-refractivity contribution in [2.24, 2.45) is 0 Å². The minimum absolute atomic E-state index is 0.0768. The Labute approximate surface area is 117 Å². The summed E-state index contributed by atoms with van der Waals surface area (Å²) in [6.07, 6.45) is 1.66. The lowest BCUT2D eigenvalue weighted by atomic mass is 10.1. The van der Waals surface area contributed by atoms with Gasteiger partial charge >= 0.3 is 12.2 Å². The molecule has 0 saturated carbocycles. The summed E-state index contributed by atoms with van der Waals surface area (Å²) in [5.74, 6) is 0. The number of ether oxygens (including phenoxy) is 1. The predicted octanol–water partition coefficient (Wildman–Crippen LogP) is 0.910. The second kappa shape index (κ2) is 7.54. The molecule has 7 heteroatoms. The maximum absolute atomic E-state index is 11.8. The number of hydrogen-bond acceptors (Lipinski definition) is 4. The number of aliphatic hydroxyl groups is 1. The largest absolute Gasteiger partial charge is 0.465 e. The van der Waals surface area contributed by atoms with Gasteiger partial charge in [0.2, 0.25) is 0 Å². The van der Waals surface area contributed by atoms with Gasteiger partial charge in [-0.15, -0.1) is 6.58 Å². The lowest BCUT2D eigenvalue weighted by Crippen LogP contribution is -2.42. The van der Waals surface area contributed by atoms with E-state index in [4.69, 9.17) is 9.84 Å². The Balaban J connectivity index is 2.75. The molecule has 20 heavy (non-hydrogen) atoms. The van der Waals surface area contributed by atoms with E-state index in [-0.39, 0.29) is 32.3 Å². The van der Waals surface area contributed by atoms with E-state index in [1.54, 1.807) is 0 Å². The molecule has 0 aromatic heterocycles. The van der Waals surface area contributed by atoms with Gasteiger partial charge in [-0.3, -0.25) is 4.90 Å². The number of carbonyl (C=O) groups excluding carboxylic acids is 1. The Bertz CT molecular complexity index is 385. The van der Waals surface area contributed by atoms with Gasteiger partial charge in [-0.1, -0.05) is 18.7 Å². The summed E-state index contributed by atoms with van der Waals surface area (Å²) in [6.45, 7) is 7.18. The number of amides is 2. The number of carboxylic acid groups (broad SMARTS) is 1. The zero-order valence-corrected chi connectivity index (χ0v) is 11.3. The molecule has 2 amide bonds. The van der Waals surface area contributed by atoms with Crippen molar-refractivity contribution in [3.05, 3.63) is 25.3 Å². The molecule has 0 aromatic rings.